The third kappa shape index (κ3) is 4.96. The minimum absolute atomic E-state index is 0.0847. The molecule has 0 aromatic carbocycles. The van der Waals surface area contributed by atoms with E-state index >= 15 is 0 Å². The second kappa shape index (κ2) is 7.85. The van der Waals surface area contributed by atoms with E-state index < -0.39 is 5.97 Å². The molecular formula is C12H19N3O3S. The van der Waals surface area contributed by atoms with E-state index in [1.54, 1.807) is 6.92 Å². The highest BCUT2D eigenvalue weighted by Gasteiger charge is 2.18. The number of aromatic nitrogens is 1. The Kier molecular flexibility index (Phi) is 6.44. The van der Waals surface area contributed by atoms with Gasteiger partial charge >= 0.3 is 5.97 Å². The van der Waals surface area contributed by atoms with Gasteiger partial charge in [-0.05, 0) is 37.8 Å². The highest BCUT2D eigenvalue weighted by atomic mass is 32.1. The molecule has 0 bridgehead atoms. The number of carbonyl (C=O) groups is 2. The number of carboxylic acid groups (broad SMARTS) is 1. The van der Waals surface area contributed by atoms with E-state index in [4.69, 9.17) is 10.8 Å². The van der Waals surface area contributed by atoms with Crippen molar-refractivity contribution < 1.29 is 14.7 Å². The molecule has 0 radical (unpaired) electrons. The molecule has 1 amide bonds. The third-order valence-corrected chi connectivity index (χ3v) is 3.54. The van der Waals surface area contributed by atoms with Crippen molar-refractivity contribution in [3.63, 3.8) is 0 Å². The highest BCUT2D eigenvalue weighted by molar-refractivity contribution is 7.11. The van der Waals surface area contributed by atoms with Crippen molar-refractivity contribution in [2.75, 3.05) is 11.9 Å². The molecule has 7 heteroatoms. The number of nitrogens with zero attached hydrogens (tertiary/aromatic N) is 1. The summed E-state index contributed by atoms with van der Waals surface area (Å²) in [6.45, 7) is 2.29. The van der Waals surface area contributed by atoms with Crippen LogP contribution < -0.4 is 11.1 Å². The van der Waals surface area contributed by atoms with E-state index in [0.29, 0.717) is 23.7 Å². The minimum atomic E-state index is -1.07. The zero-order valence-corrected chi connectivity index (χ0v) is 11.8. The number of hydrogen-bond acceptors (Lipinski definition) is 5. The molecule has 0 unspecified atom stereocenters. The lowest BCUT2D eigenvalue weighted by Gasteiger charge is -2.03. The summed E-state index contributed by atoms with van der Waals surface area (Å²) in [5, 5.41) is 12.0. The van der Waals surface area contributed by atoms with Crippen LogP contribution >= 0.6 is 11.5 Å². The molecule has 0 saturated carbocycles. The van der Waals surface area contributed by atoms with E-state index in [1.165, 1.54) is 0 Å². The third-order valence-electron chi connectivity index (χ3n) is 2.69. The number of nitrogens with two attached hydrogens (primary N) is 1. The zero-order valence-electron chi connectivity index (χ0n) is 10.9. The van der Waals surface area contributed by atoms with Crippen molar-refractivity contribution >= 4 is 28.4 Å². The van der Waals surface area contributed by atoms with Crippen molar-refractivity contribution in [1.82, 2.24) is 4.37 Å². The fraction of sp³-hybridized carbons (Fsp3) is 0.583. The Morgan fingerprint density at radius 1 is 1.32 bits per heavy atom. The van der Waals surface area contributed by atoms with Crippen LogP contribution in [0.5, 0.6) is 0 Å². The second-order valence-corrected chi connectivity index (χ2v) is 5.05. The molecule has 6 nitrogen and oxygen atoms in total. The molecular weight excluding hydrogens is 266 g/mol. The summed E-state index contributed by atoms with van der Waals surface area (Å²) < 4.78 is 3.94. The SMILES string of the molecule is Cc1nsc(NC(=O)CCCCCCN)c1C(=O)O. The van der Waals surface area contributed by atoms with E-state index in [9.17, 15) is 9.59 Å². The normalized spacial score (nSPS) is 10.4. The standard InChI is InChI=1S/C12H19N3O3S/c1-8-10(12(17)18)11(19-15-8)14-9(16)6-4-2-3-5-7-13/h2-7,13H2,1H3,(H,14,16)(H,17,18). The Morgan fingerprint density at radius 3 is 2.63 bits per heavy atom. The molecule has 0 fully saturated rings. The van der Waals surface area contributed by atoms with Gasteiger partial charge in [-0.1, -0.05) is 12.8 Å². The molecule has 1 rings (SSSR count). The van der Waals surface area contributed by atoms with E-state index in [-0.39, 0.29) is 11.5 Å². The van der Waals surface area contributed by atoms with Gasteiger partial charge in [-0.15, -0.1) is 0 Å². The van der Waals surface area contributed by atoms with Crippen LogP contribution in [0.15, 0.2) is 0 Å². The average molecular weight is 285 g/mol. The van der Waals surface area contributed by atoms with Crippen molar-refractivity contribution in [1.29, 1.82) is 0 Å². The summed E-state index contributed by atoms with van der Waals surface area (Å²) in [4.78, 5) is 22.7. The van der Waals surface area contributed by atoms with Gasteiger partial charge in [0.1, 0.15) is 10.6 Å². The fourth-order valence-corrected chi connectivity index (χ4v) is 2.48. The molecule has 1 aromatic heterocycles. The number of amides is 1. The van der Waals surface area contributed by atoms with Crippen LogP contribution in [0.1, 0.15) is 48.2 Å². The quantitative estimate of drug-likeness (QED) is 0.633. The first-order valence-electron chi connectivity index (χ1n) is 6.25. The minimum Gasteiger partial charge on any atom is -0.478 e. The van der Waals surface area contributed by atoms with Crippen LogP contribution in [-0.4, -0.2) is 27.9 Å². The smallest absolute Gasteiger partial charge is 0.340 e. The molecule has 0 saturated heterocycles. The number of aryl methyl sites for hydroxylation is 1. The Bertz CT molecular complexity index is 445. The molecule has 106 valence electrons. The number of unbranched alkanes of at least 4 members (excludes halogenated alkanes) is 3. The number of nitrogens with one attached hydrogen (secondary N) is 1. The molecule has 0 aliphatic carbocycles. The summed E-state index contributed by atoms with van der Waals surface area (Å²) in [5.74, 6) is -1.23. The van der Waals surface area contributed by atoms with Gasteiger partial charge in [0.2, 0.25) is 5.91 Å². The Morgan fingerprint density at radius 2 is 2.00 bits per heavy atom. The lowest BCUT2D eigenvalue weighted by Crippen LogP contribution is -2.13. The molecule has 0 atom stereocenters. The van der Waals surface area contributed by atoms with E-state index in [1.807, 2.05) is 0 Å². The topological polar surface area (TPSA) is 105 Å². The fourth-order valence-electron chi connectivity index (χ4n) is 1.68. The molecule has 0 aliphatic heterocycles. The van der Waals surface area contributed by atoms with Gasteiger partial charge in [0.05, 0.1) is 5.69 Å². The average Bonchev–Trinajstić information content (AvgIpc) is 2.70. The summed E-state index contributed by atoms with van der Waals surface area (Å²) in [7, 11) is 0. The number of hydrogen-bond donors (Lipinski definition) is 3. The van der Waals surface area contributed by atoms with E-state index in [0.717, 1.165) is 37.2 Å². The summed E-state index contributed by atoms with van der Waals surface area (Å²) >= 11 is 1.00. The van der Waals surface area contributed by atoms with Crippen LogP contribution in [0.4, 0.5) is 5.00 Å². The highest BCUT2D eigenvalue weighted by Crippen LogP contribution is 2.24. The van der Waals surface area contributed by atoms with Gasteiger partial charge in [0, 0.05) is 6.42 Å². The van der Waals surface area contributed by atoms with Gasteiger partial charge in [0.25, 0.3) is 0 Å². The molecule has 0 aliphatic rings. The van der Waals surface area contributed by atoms with E-state index in [2.05, 4.69) is 9.69 Å². The number of anilines is 1. The van der Waals surface area contributed by atoms with Crippen LogP contribution in [0.2, 0.25) is 0 Å². The van der Waals surface area contributed by atoms with Gasteiger partial charge < -0.3 is 16.2 Å². The molecule has 0 spiro atoms. The monoisotopic (exact) mass is 285 g/mol. The summed E-state index contributed by atoms with van der Waals surface area (Å²) in [6.07, 6.45) is 4.12. The first kappa shape index (κ1) is 15.6. The van der Waals surface area contributed by atoms with Crippen molar-refractivity contribution in [3.05, 3.63) is 11.3 Å². The molecule has 1 aromatic rings. The molecule has 4 N–H and O–H groups in total. The van der Waals surface area contributed by atoms with Crippen LogP contribution in [0.25, 0.3) is 0 Å². The summed E-state index contributed by atoms with van der Waals surface area (Å²) in [5.41, 5.74) is 5.89. The molecule has 1 heterocycles. The summed E-state index contributed by atoms with van der Waals surface area (Å²) in [6, 6.07) is 0. The van der Waals surface area contributed by atoms with Gasteiger partial charge in [-0.25, -0.2) is 4.79 Å². The number of carbonyl (C=O) groups excluding carboxylic acids is 1. The maximum absolute atomic E-state index is 11.7. The lowest BCUT2D eigenvalue weighted by molar-refractivity contribution is -0.116. The van der Waals surface area contributed by atoms with Crippen molar-refractivity contribution in [3.8, 4) is 0 Å². The van der Waals surface area contributed by atoms with Crippen LogP contribution in [0, 0.1) is 6.92 Å². The Labute approximate surface area is 116 Å². The number of rotatable bonds is 8. The first-order chi connectivity index (χ1) is 9.06. The van der Waals surface area contributed by atoms with Gasteiger partial charge in [0.15, 0.2) is 0 Å². The van der Waals surface area contributed by atoms with Crippen LogP contribution in [0.3, 0.4) is 0 Å². The second-order valence-electron chi connectivity index (χ2n) is 4.28. The predicted octanol–water partition coefficient (Wildman–Crippen LogP) is 2.00. The Balaban J connectivity index is 2.42. The lowest BCUT2D eigenvalue weighted by atomic mass is 10.1. The zero-order chi connectivity index (χ0) is 14.3. The van der Waals surface area contributed by atoms with Crippen molar-refractivity contribution in [2.24, 2.45) is 5.73 Å². The maximum atomic E-state index is 11.7. The number of carboxylic acids is 1. The largest absolute Gasteiger partial charge is 0.478 e. The number of aromatic carboxylic acids is 1. The Hall–Kier alpha value is -1.47. The van der Waals surface area contributed by atoms with Crippen LogP contribution in [-0.2, 0) is 4.79 Å². The first-order valence-corrected chi connectivity index (χ1v) is 7.03. The maximum Gasteiger partial charge on any atom is 0.340 e. The van der Waals surface area contributed by atoms with Crippen molar-refractivity contribution in [2.45, 2.75) is 39.0 Å². The molecule has 19 heavy (non-hydrogen) atoms. The van der Waals surface area contributed by atoms with Gasteiger partial charge in [-0.3, -0.25) is 4.79 Å². The predicted molar refractivity (Wildman–Crippen MR) is 74.6 cm³/mol. The van der Waals surface area contributed by atoms with Gasteiger partial charge in [-0.2, -0.15) is 4.37 Å².